The van der Waals surface area contributed by atoms with Gasteiger partial charge in [0.1, 0.15) is 0 Å². The van der Waals surface area contributed by atoms with E-state index in [1.807, 2.05) is 0 Å². The smallest absolute Gasteiger partial charge is 0.236 e. The van der Waals surface area contributed by atoms with Crippen molar-refractivity contribution in [2.45, 2.75) is 57.9 Å². The fourth-order valence-corrected chi connectivity index (χ4v) is 3.61. The van der Waals surface area contributed by atoms with Crippen LogP contribution in [0.15, 0.2) is 30.3 Å². The van der Waals surface area contributed by atoms with Crippen LogP contribution in [0.1, 0.15) is 51.0 Å². The van der Waals surface area contributed by atoms with Crippen LogP contribution in [0.5, 0.6) is 0 Å². The average molecular weight is 382 g/mol. The lowest BCUT2D eigenvalue weighted by Gasteiger charge is -2.32. The van der Waals surface area contributed by atoms with Gasteiger partial charge in [-0.3, -0.25) is 4.79 Å². The highest BCUT2D eigenvalue weighted by molar-refractivity contribution is 5.85. The van der Waals surface area contributed by atoms with Gasteiger partial charge in [-0.25, -0.2) is 0 Å². The van der Waals surface area contributed by atoms with Gasteiger partial charge in [-0.05, 0) is 69.6 Å². The third-order valence-corrected chi connectivity index (χ3v) is 5.21. The third-order valence-electron chi connectivity index (χ3n) is 5.21. The Morgan fingerprint density at radius 3 is 2.58 bits per heavy atom. The van der Waals surface area contributed by atoms with E-state index in [-0.39, 0.29) is 24.4 Å². The molecule has 1 aliphatic rings. The molecule has 5 heteroatoms. The molecule has 1 aromatic carbocycles. The molecule has 0 spiro atoms. The second-order valence-electron chi connectivity index (χ2n) is 7.37. The summed E-state index contributed by atoms with van der Waals surface area (Å²) in [4.78, 5) is 14.3. The molecule has 1 atom stereocenters. The van der Waals surface area contributed by atoms with Crippen LogP contribution >= 0.6 is 12.4 Å². The van der Waals surface area contributed by atoms with Crippen LogP contribution < -0.4 is 11.1 Å². The number of benzene rings is 1. The Labute approximate surface area is 165 Å². The van der Waals surface area contributed by atoms with E-state index in [9.17, 15) is 4.79 Å². The normalized spacial score (nSPS) is 16.7. The van der Waals surface area contributed by atoms with Crippen molar-refractivity contribution in [2.75, 3.05) is 26.2 Å². The van der Waals surface area contributed by atoms with E-state index in [2.05, 4.69) is 47.5 Å². The Morgan fingerprint density at radius 1 is 1.23 bits per heavy atom. The minimum Gasteiger partial charge on any atom is -0.355 e. The van der Waals surface area contributed by atoms with Crippen molar-refractivity contribution in [3.63, 3.8) is 0 Å². The van der Waals surface area contributed by atoms with Gasteiger partial charge in [0, 0.05) is 6.54 Å². The SMILES string of the molecule is CCCC(N)C(=O)NCCCCN1CCC(Cc2ccccc2)CC1.Cl. The molecule has 2 rings (SSSR count). The Kier molecular flexibility index (Phi) is 11.6. The zero-order valence-electron chi connectivity index (χ0n) is 16.2. The van der Waals surface area contributed by atoms with Gasteiger partial charge in [-0.1, -0.05) is 43.7 Å². The highest BCUT2D eigenvalue weighted by Crippen LogP contribution is 2.21. The molecule has 0 radical (unpaired) electrons. The summed E-state index contributed by atoms with van der Waals surface area (Å²) in [5, 5.41) is 2.96. The molecule has 1 aromatic rings. The molecule has 1 heterocycles. The second kappa shape index (κ2) is 13.1. The quantitative estimate of drug-likeness (QED) is 0.611. The number of halogens is 1. The molecule has 0 saturated carbocycles. The van der Waals surface area contributed by atoms with Gasteiger partial charge in [-0.2, -0.15) is 0 Å². The number of carbonyl (C=O) groups is 1. The lowest BCUT2D eigenvalue weighted by atomic mass is 9.90. The van der Waals surface area contributed by atoms with Crippen LogP contribution in [0.4, 0.5) is 0 Å². The van der Waals surface area contributed by atoms with Gasteiger partial charge >= 0.3 is 0 Å². The molecule has 1 unspecified atom stereocenters. The van der Waals surface area contributed by atoms with Gasteiger partial charge in [0.15, 0.2) is 0 Å². The number of rotatable bonds is 10. The molecule has 0 bridgehead atoms. The standard InChI is InChI=1S/C21H35N3O.ClH/c1-2-8-20(22)21(25)23-13-6-7-14-24-15-11-19(12-16-24)17-18-9-4-3-5-10-18;/h3-5,9-10,19-20H,2,6-8,11-17,22H2,1H3,(H,23,25);1H. The summed E-state index contributed by atoms with van der Waals surface area (Å²) in [5.74, 6) is 0.835. The van der Waals surface area contributed by atoms with E-state index in [1.54, 1.807) is 0 Å². The number of amides is 1. The summed E-state index contributed by atoms with van der Waals surface area (Å²) in [5.41, 5.74) is 7.28. The zero-order valence-corrected chi connectivity index (χ0v) is 17.0. The maximum atomic E-state index is 11.7. The Bertz CT molecular complexity index is 489. The van der Waals surface area contributed by atoms with Gasteiger partial charge in [0.05, 0.1) is 6.04 Å². The highest BCUT2D eigenvalue weighted by atomic mass is 35.5. The first-order chi connectivity index (χ1) is 12.2. The summed E-state index contributed by atoms with van der Waals surface area (Å²) in [7, 11) is 0. The maximum absolute atomic E-state index is 11.7. The minimum absolute atomic E-state index is 0. The fraction of sp³-hybridized carbons (Fsp3) is 0.667. The summed E-state index contributed by atoms with van der Waals surface area (Å²) in [6.45, 7) is 6.38. The van der Waals surface area contributed by atoms with E-state index in [4.69, 9.17) is 5.73 Å². The number of likely N-dealkylation sites (tertiary alicyclic amines) is 1. The predicted molar refractivity (Wildman–Crippen MR) is 112 cm³/mol. The minimum atomic E-state index is -0.339. The number of nitrogens with zero attached hydrogens (tertiary/aromatic N) is 1. The van der Waals surface area contributed by atoms with Crippen LogP contribution in [0, 0.1) is 5.92 Å². The number of hydrogen-bond acceptors (Lipinski definition) is 3. The number of carbonyl (C=O) groups excluding carboxylic acids is 1. The van der Waals surface area contributed by atoms with Crippen molar-refractivity contribution in [1.82, 2.24) is 10.2 Å². The van der Waals surface area contributed by atoms with Crippen LogP contribution in [0.25, 0.3) is 0 Å². The molecule has 0 aromatic heterocycles. The van der Waals surface area contributed by atoms with Crippen molar-refractivity contribution in [3.8, 4) is 0 Å². The predicted octanol–water partition coefficient (Wildman–Crippen LogP) is 3.39. The number of nitrogens with two attached hydrogens (primary N) is 1. The van der Waals surface area contributed by atoms with Crippen LogP contribution in [0.3, 0.4) is 0 Å². The van der Waals surface area contributed by atoms with Crippen LogP contribution in [-0.2, 0) is 11.2 Å². The molecular weight excluding hydrogens is 346 g/mol. The molecule has 148 valence electrons. The Hall–Kier alpha value is -1.10. The lowest BCUT2D eigenvalue weighted by Crippen LogP contribution is -2.41. The summed E-state index contributed by atoms with van der Waals surface area (Å²) in [6, 6.07) is 10.5. The van der Waals surface area contributed by atoms with E-state index in [1.165, 1.54) is 37.9 Å². The molecule has 1 fully saturated rings. The molecule has 1 saturated heterocycles. The van der Waals surface area contributed by atoms with Crippen molar-refractivity contribution in [3.05, 3.63) is 35.9 Å². The molecular formula is C21H36ClN3O. The van der Waals surface area contributed by atoms with Gasteiger partial charge in [0.25, 0.3) is 0 Å². The molecule has 1 amide bonds. The Morgan fingerprint density at radius 2 is 1.92 bits per heavy atom. The number of nitrogens with one attached hydrogen (secondary N) is 1. The second-order valence-corrected chi connectivity index (χ2v) is 7.37. The zero-order chi connectivity index (χ0) is 17.9. The molecule has 0 aliphatic carbocycles. The third kappa shape index (κ3) is 8.52. The van der Waals surface area contributed by atoms with Crippen molar-refractivity contribution >= 4 is 18.3 Å². The topological polar surface area (TPSA) is 58.4 Å². The van der Waals surface area contributed by atoms with E-state index >= 15 is 0 Å². The van der Waals surface area contributed by atoms with Gasteiger partial charge in [-0.15, -0.1) is 12.4 Å². The summed E-state index contributed by atoms with van der Waals surface area (Å²) < 4.78 is 0. The summed E-state index contributed by atoms with van der Waals surface area (Å²) >= 11 is 0. The fourth-order valence-electron chi connectivity index (χ4n) is 3.61. The van der Waals surface area contributed by atoms with Gasteiger partial charge in [0.2, 0.25) is 5.91 Å². The average Bonchev–Trinajstić information content (AvgIpc) is 2.63. The lowest BCUT2D eigenvalue weighted by molar-refractivity contribution is -0.122. The van der Waals surface area contributed by atoms with Crippen molar-refractivity contribution in [2.24, 2.45) is 11.7 Å². The Balaban J connectivity index is 0.00000338. The highest BCUT2D eigenvalue weighted by Gasteiger charge is 2.19. The molecule has 1 aliphatic heterocycles. The number of hydrogen-bond donors (Lipinski definition) is 2. The molecule has 3 N–H and O–H groups in total. The molecule has 4 nitrogen and oxygen atoms in total. The van der Waals surface area contributed by atoms with Crippen molar-refractivity contribution < 1.29 is 4.79 Å². The van der Waals surface area contributed by atoms with Crippen LogP contribution in [0.2, 0.25) is 0 Å². The van der Waals surface area contributed by atoms with Gasteiger partial charge < -0.3 is 16.0 Å². The largest absolute Gasteiger partial charge is 0.355 e. The van der Waals surface area contributed by atoms with E-state index in [0.717, 1.165) is 44.7 Å². The first-order valence-corrected chi connectivity index (χ1v) is 9.98. The first kappa shape index (κ1) is 22.9. The van der Waals surface area contributed by atoms with E-state index in [0.29, 0.717) is 0 Å². The maximum Gasteiger partial charge on any atom is 0.236 e. The molecule has 26 heavy (non-hydrogen) atoms. The number of unbranched alkanes of at least 4 members (excludes halogenated alkanes) is 1. The monoisotopic (exact) mass is 381 g/mol. The number of piperidine rings is 1. The first-order valence-electron chi connectivity index (χ1n) is 9.98. The van der Waals surface area contributed by atoms with Crippen LogP contribution in [-0.4, -0.2) is 43.0 Å². The van der Waals surface area contributed by atoms with Crippen molar-refractivity contribution in [1.29, 1.82) is 0 Å². The van der Waals surface area contributed by atoms with E-state index < -0.39 is 0 Å². The summed E-state index contributed by atoms with van der Waals surface area (Å²) in [6.07, 6.45) is 7.73.